The van der Waals surface area contributed by atoms with Gasteiger partial charge in [-0.25, -0.2) is 0 Å². The number of hydrogen-bond acceptors (Lipinski definition) is 3. The number of hydrogen-bond donors (Lipinski definition) is 2. The van der Waals surface area contributed by atoms with E-state index in [0.29, 0.717) is 18.4 Å². The topological polar surface area (TPSA) is 64.3 Å². The normalized spacial score (nSPS) is 23.3. The van der Waals surface area contributed by atoms with E-state index in [4.69, 9.17) is 10.5 Å². The molecule has 1 amide bonds. The predicted octanol–water partition coefficient (Wildman–Crippen LogP) is 2.22. The second-order valence-corrected chi connectivity index (χ2v) is 5.73. The average molecular weight is 270 g/mol. The first-order valence-corrected chi connectivity index (χ1v) is 7.73. The Balaban J connectivity index is 1.95. The lowest BCUT2D eigenvalue weighted by Crippen LogP contribution is -2.29. The Hall–Kier alpha value is -0.610. The number of amides is 1. The van der Waals surface area contributed by atoms with Gasteiger partial charge < -0.3 is 15.8 Å². The largest absolute Gasteiger partial charge is 0.385 e. The summed E-state index contributed by atoms with van der Waals surface area (Å²) in [6.07, 6.45) is 9.64. The van der Waals surface area contributed by atoms with Gasteiger partial charge in [0, 0.05) is 32.7 Å². The zero-order chi connectivity index (χ0) is 13.9. The molecule has 0 heterocycles. The van der Waals surface area contributed by atoms with Crippen molar-refractivity contribution < 1.29 is 9.53 Å². The van der Waals surface area contributed by atoms with Gasteiger partial charge in [-0.3, -0.25) is 4.79 Å². The van der Waals surface area contributed by atoms with Gasteiger partial charge in [0.05, 0.1) is 0 Å². The molecule has 1 aliphatic carbocycles. The maximum atomic E-state index is 11.7. The smallest absolute Gasteiger partial charge is 0.220 e. The first-order chi connectivity index (χ1) is 9.22. The van der Waals surface area contributed by atoms with Crippen molar-refractivity contribution in [3.05, 3.63) is 0 Å². The lowest BCUT2D eigenvalue weighted by Gasteiger charge is -2.26. The summed E-state index contributed by atoms with van der Waals surface area (Å²) in [7, 11) is 1.72. The van der Waals surface area contributed by atoms with Crippen molar-refractivity contribution in [2.24, 2.45) is 11.7 Å². The number of nitrogens with two attached hydrogens (primary N) is 1. The van der Waals surface area contributed by atoms with E-state index in [0.717, 1.165) is 51.7 Å². The molecule has 0 aliphatic heterocycles. The predicted molar refractivity (Wildman–Crippen MR) is 77.9 cm³/mol. The maximum absolute atomic E-state index is 11.7. The highest BCUT2D eigenvalue weighted by molar-refractivity contribution is 5.75. The summed E-state index contributed by atoms with van der Waals surface area (Å²) < 4.78 is 4.99. The molecule has 0 radical (unpaired) electrons. The van der Waals surface area contributed by atoms with E-state index in [2.05, 4.69) is 5.32 Å². The van der Waals surface area contributed by atoms with Crippen LogP contribution in [0.5, 0.6) is 0 Å². The minimum Gasteiger partial charge on any atom is -0.385 e. The first kappa shape index (κ1) is 16.4. The summed E-state index contributed by atoms with van der Waals surface area (Å²) in [5.41, 5.74) is 5.96. The van der Waals surface area contributed by atoms with Gasteiger partial charge in [0.1, 0.15) is 0 Å². The summed E-state index contributed by atoms with van der Waals surface area (Å²) in [4.78, 5) is 11.7. The van der Waals surface area contributed by atoms with Crippen LogP contribution >= 0.6 is 0 Å². The molecule has 1 aliphatic rings. The number of unbranched alkanes of at least 4 members (excludes halogenated alkanes) is 2. The van der Waals surface area contributed by atoms with Crippen LogP contribution < -0.4 is 11.1 Å². The molecule has 2 unspecified atom stereocenters. The molecule has 0 spiro atoms. The third kappa shape index (κ3) is 8.22. The fourth-order valence-corrected chi connectivity index (χ4v) is 2.79. The molecular weight excluding hydrogens is 240 g/mol. The van der Waals surface area contributed by atoms with Gasteiger partial charge in [0.25, 0.3) is 0 Å². The molecule has 3 N–H and O–H groups in total. The van der Waals surface area contributed by atoms with Gasteiger partial charge in [0.15, 0.2) is 0 Å². The Labute approximate surface area is 117 Å². The van der Waals surface area contributed by atoms with Gasteiger partial charge in [-0.05, 0) is 44.4 Å². The molecule has 0 aromatic rings. The molecule has 19 heavy (non-hydrogen) atoms. The lowest BCUT2D eigenvalue weighted by atomic mass is 9.83. The van der Waals surface area contributed by atoms with Crippen molar-refractivity contribution in [3.63, 3.8) is 0 Å². The number of nitrogens with one attached hydrogen (secondary N) is 1. The molecule has 1 fully saturated rings. The second kappa shape index (κ2) is 10.2. The Morgan fingerprint density at radius 3 is 2.89 bits per heavy atom. The van der Waals surface area contributed by atoms with Gasteiger partial charge in [-0.15, -0.1) is 0 Å². The van der Waals surface area contributed by atoms with Crippen LogP contribution in [0.1, 0.15) is 57.8 Å². The van der Waals surface area contributed by atoms with Crippen LogP contribution in [0.2, 0.25) is 0 Å². The molecule has 0 aromatic heterocycles. The van der Waals surface area contributed by atoms with Crippen molar-refractivity contribution in [1.82, 2.24) is 5.32 Å². The Kier molecular flexibility index (Phi) is 8.84. The standard InChI is InChI=1S/C15H30N2O2/c1-19-11-4-2-3-10-17-15(18)9-8-13-6-5-7-14(16)12-13/h13-14H,2-12,16H2,1H3,(H,17,18). The van der Waals surface area contributed by atoms with Crippen LogP contribution in [0.15, 0.2) is 0 Å². The summed E-state index contributed by atoms with van der Waals surface area (Å²) in [6, 6.07) is 0.364. The first-order valence-electron chi connectivity index (χ1n) is 7.73. The Bertz CT molecular complexity index is 246. The van der Waals surface area contributed by atoms with Crippen molar-refractivity contribution >= 4 is 5.91 Å². The van der Waals surface area contributed by atoms with E-state index in [-0.39, 0.29) is 5.91 Å². The highest BCUT2D eigenvalue weighted by atomic mass is 16.5. The van der Waals surface area contributed by atoms with E-state index in [1.807, 2.05) is 0 Å². The van der Waals surface area contributed by atoms with Gasteiger partial charge in [-0.1, -0.05) is 12.8 Å². The number of rotatable bonds is 9. The summed E-state index contributed by atoms with van der Waals surface area (Å²) in [5, 5.41) is 3.00. The van der Waals surface area contributed by atoms with Crippen molar-refractivity contribution in [3.8, 4) is 0 Å². The maximum Gasteiger partial charge on any atom is 0.220 e. The highest BCUT2D eigenvalue weighted by Gasteiger charge is 2.19. The molecule has 1 saturated carbocycles. The van der Waals surface area contributed by atoms with Crippen LogP contribution in [0.25, 0.3) is 0 Å². The third-order valence-electron chi connectivity index (χ3n) is 3.95. The van der Waals surface area contributed by atoms with Gasteiger partial charge in [-0.2, -0.15) is 0 Å². The molecular formula is C15H30N2O2. The fourth-order valence-electron chi connectivity index (χ4n) is 2.79. The quantitative estimate of drug-likeness (QED) is 0.631. The summed E-state index contributed by atoms with van der Waals surface area (Å²) in [6.45, 7) is 1.61. The van der Waals surface area contributed by atoms with E-state index >= 15 is 0 Å². The van der Waals surface area contributed by atoms with E-state index in [9.17, 15) is 4.79 Å². The van der Waals surface area contributed by atoms with E-state index in [1.54, 1.807) is 7.11 Å². The van der Waals surface area contributed by atoms with E-state index < -0.39 is 0 Å². The third-order valence-corrected chi connectivity index (χ3v) is 3.95. The highest BCUT2D eigenvalue weighted by Crippen LogP contribution is 2.26. The minimum atomic E-state index is 0.200. The van der Waals surface area contributed by atoms with Crippen molar-refractivity contribution in [1.29, 1.82) is 0 Å². The SMILES string of the molecule is COCCCCCNC(=O)CCC1CCCC(N)C1. The van der Waals surface area contributed by atoms with Gasteiger partial charge >= 0.3 is 0 Å². The molecule has 1 rings (SSSR count). The monoisotopic (exact) mass is 270 g/mol. The van der Waals surface area contributed by atoms with Crippen LogP contribution in [-0.4, -0.2) is 32.2 Å². The minimum absolute atomic E-state index is 0.200. The molecule has 4 nitrogen and oxygen atoms in total. The molecule has 0 saturated heterocycles. The molecule has 2 atom stereocenters. The van der Waals surface area contributed by atoms with Crippen LogP contribution in [0.3, 0.4) is 0 Å². The summed E-state index contributed by atoms with van der Waals surface area (Å²) >= 11 is 0. The zero-order valence-corrected chi connectivity index (χ0v) is 12.3. The van der Waals surface area contributed by atoms with Gasteiger partial charge in [0.2, 0.25) is 5.91 Å². The number of carbonyl (C=O) groups excluding carboxylic acids is 1. The molecule has 4 heteroatoms. The number of methoxy groups -OCH3 is 1. The zero-order valence-electron chi connectivity index (χ0n) is 12.3. The molecule has 0 bridgehead atoms. The van der Waals surface area contributed by atoms with E-state index in [1.165, 1.54) is 12.8 Å². The second-order valence-electron chi connectivity index (χ2n) is 5.73. The molecule has 0 aromatic carbocycles. The fraction of sp³-hybridized carbons (Fsp3) is 0.933. The van der Waals surface area contributed by atoms with Crippen LogP contribution in [-0.2, 0) is 9.53 Å². The lowest BCUT2D eigenvalue weighted by molar-refractivity contribution is -0.121. The number of ether oxygens (including phenoxy) is 1. The average Bonchev–Trinajstić information content (AvgIpc) is 2.40. The Morgan fingerprint density at radius 1 is 1.32 bits per heavy atom. The molecule has 112 valence electrons. The van der Waals surface area contributed by atoms with Crippen LogP contribution in [0, 0.1) is 5.92 Å². The Morgan fingerprint density at radius 2 is 2.16 bits per heavy atom. The van der Waals surface area contributed by atoms with Crippen LogP contribution in [0.4, 0.5) is 0 Å². The van der Waals surface area contributed by atoms with Crippen molar-refractivity contribution in [2.45, 2.75) is 63.8 Å². The summed E-state index contributed by atoms with van der Waals surface area (Å²) in [5.74, 6) is 0.863. The van der Waals surface area contributed by atoms with Crippen molar-refractivity contribution in [2.75, 3.05) is 20.3 Å². The number of carbonyl (C=O) groups is 1.